The predicted molar refractivity (Wildman–Crippen MR) is 96.3 cm³/mol. The number of hydrogen-bond donors (Lipinski definition) is 1. The highest BCUT2D eigenvalue weighted by atomic mass is 35.5. The van der Waals surface area contributed by atoms with Gasteiger partial charge in [-0.3, -0.25) is 10.1 Å². The standard InChI is InChI=1S/C17H15ClN2O3S/c1-10(23-12-5-3-11(18)4-6-12)16(21)20-17-19-14-8-7-13(22-2)9-15(14)24-17/h3-10H,1-2H3,(H,19,20,21). The lowest BCUT2D eigenvalue weighted by molar-refractivity contribution is -0.122. The van der Waals surface area contributed by atoms with Crippen molar-refractivity contribution in [3.63, 3.8) is 0 Å². The number of hydrogen-bond acceptors (Lipinski definition) is 5. The summed E-state index contributed by atoms with van der Waals surface area (Å²) in [6.07, 6.45) is -0.660. The van der Waals surface area contributed by atoms with Crippen LogP contribution in [0.3, 0.4) is 0 Å². The van der Waals surface area contributed by atoms with E-state index in [1.54, 1.807) is 38.3 Å². The van der Waals surface area contributed by atoms with Crippen LogP contribution in [-0.4, -0.2) is 24.1 Å². The van der Waals surface area contributed by atoms with E-state index in [1.807, 2.05) is 18.2 Å². The fraction of sp³-hybridized carbons (Fsp3) is 0.176. The molecule has 0 fully saturated rings. The number of anilines is 1. The van der Waals surface area contributed by atoms with E-state index in [4.69, 9.17) is 21.1 Å². The number of fused-ring (bicyclic) bond motifs is 1. The molecule has 0 aliphatic rings. The molecule has 1 atom stereocenters. The summed E-state index contributed by atoms with van der Waals surface area (Å²) in [5.41, 5.74) is 0.808. The third-order valence-electron chi connectivity index (χ3n) is 3.32. The normalized spacial score (nSPS) is 12.0. The average molecular weight is 363 g/mol. The number of halogens is 1. The molecule has 1 aromatic heterocycles. The van der Waals surface area contributed by atoms with Crippen LogP contribution in [0.2, 0.25) is 5.02 Å². The van der Waals surface area contributed by atoms with Gasteiger partial charge in [0.05, 0.1) is 17.3 Å². The van der Waals surface area contributed by atoms with Gasteiger partial charge in [0.1, 0.15) is 11.5 Å². The van der Waals surface area contributed by atoms with Gasteiger partial charge in [-0.2, -0.15) is 0 Å². The first-order chi connectivity index (χ1) is 11.5. The number of ether oxygens (including phenoxy) is 2. The topological polar surface area (TPSA) is 60.5 Å². The highest BCUT2D eigenvalue weighted by molar-refractivity contribution is 7.22. The maximum absolute atomic E-state index is 12.3. The van der Waals surface area contributed by atoms with Gasteiger partial charge in [-0.05, 0) is 49.4 Å². The molecule has 24 heavy (non-hydrogen) atoms. The summed E-state index contributed by atoms with van der Waals surface area (Å²) in [6.45, 7) is 1.68. The van der Waals surface area contributed by atoms with E-state index in [-0.39, 0.29) is 5.91 Å². The van der Waals surface area contributed by atoms with Crippen LogP contribution in [0.4, 0.5) is 5.13 Å². The van der Waals surface area contributed by atoms with Crippen molar-refractivity contribution in [2.24, 2.45) is 0 Å². The molecule has 1 N–H and O–H groups in total. The van der Waals surface area contributed by atoms with Gasteiger partial charge in [0, 0.05) is 5.02 Å². The molecular weight excluding hydrogens is 348 g/mol. The maximum Gasteiger partial charge on any atom is 0.266 e. The minimum Gasteiger partial charge on any atom is -0.497 e. The molecule has 1 amide bonds. The van der Waals surface area contributed by atoms with E-state index in [9.17, 15) is 4.79 Å². The Morgan fingerprint density at radius 1 is 1.21 bits per heavy atom. The lowest BCUT2D eigenvalue weighted by Gasteiger charge is -2.13. The first-order valence-electron chi connectivity index (χ1n) is 7.23. The fourth-order valence-corrected chi connectivity index (χ4v) is 3.09. The molecule has 1 unspecified atom stereocenters. The SMILES string of the molecule is COc1ccc2nc(NC(=O)C(C)Oc3ccc(Cl)cc3)sc2c1. The van der Waals surface area contributed by atoms with Crippen molar-refractivity contribution < 1.29 is 14.3 Å². The van der Waals surface area contributed by atoms with E-state index in [0.29, 0.717) is 15.9 Å². The second-order valence-electron chi connectivity index (χ2n) is 5.06. The molecule has 0 radical (unpaired) electrons. The molecule has 0 saturated heterocycles. The number of carbonyl (C=O) groups is 1. The second-order valence-corrected chi connectivity index (χ2v) is 6.52. The molecule has 124 valence electrons. The molecule has 5 nitrogen and oxygen atoms in total. The van der Waals surface area contributed by atoms with Gasteiger partial charge < -0.3 is 9.47 Å². The highest BCUT2D eigenvalue weighted by Gasteiger charge is 2.17. The van der Waals surface area contributed by atoms with Crippen LogP contribution in [0.5, 0.6) is 11.5 Å². The smallest absolute Gasteiger partial charge is 0.266 e. The first kappa shape index (κ1) is 16.5. The molecule has 0 saturated carbocycles. The summed E-state index contributed by atoms with van der Waals surface area (Å²) >= 11 is 7.21. The monoisotopic (exact) mass is 362 g/mol. The quantitative estimate of drug-likeness (QED) is 0.732. The Hall–Kier alpha value is -2.31. The summed E-state index contributed by atoms with van der Waals surface area (Å²) in [4.78, 5) is 16.7. The van der Waals surface area contributed by atoms with Crippen molar-refractivity contribution in [1.82, 2.24) is 4.98 Å². The summed E-state index contributed by atoms with van der Waals surface area (Å²) in [5.74, 6) is 1.07. The number of thiazole rings is 1. The van der Waals surface area contributed by atoms with E-state index in [2.05, 4.69) is 10.3 Å². The zero-order valence-corrected chi connectivity index (χ0v) is 14.6. The third-order valence-corrected chi connectivity index (χ3v) is 4.51. The molecule has 0 aliphatic heterocycles. The van der Waals surface area contributed by atoms with Gasteiger partial charge in [-0.25, -0.2) is 4.98 Å². The van der Waals surface area contributed by atoms with E-state index in [0.717, 1.165) is 16.0 Å². The molecule has 3 rings (SSSR count). The van der Waals surface area contributed by atoms with E-state index >= 15 is 0 Å². The van der Waals surface area contributed by atoms with Crippen molar-refractivity contribution in [3.8, 4) is 11.5 Å². The van der Waals surface area contributed by atoms with E-state index in [1.165, 1.54) is 11.3 Å². The second kappa shape index (κ2) is 7.07. The number of nitrogens with one attached hydrogen (secondary N) is 1. The van der Waals surface area contributed by atoms with Gasteiger partial charge >= 0.3 is 0 Å². The third kappa shape index (κ3) is 3.77. The van der Waals surface area contributed by atoms with Crippen molar-refractivity contribution in [2.75, 3.05) is 12.4 Å². The number of aromatic nitrogens is 1. The Bertz CT molecular complexity index is 864. The summed E-state index contributed by atoms with van der Waals surface area (Å²) in [5, 5.41) is 3.91. The number of rotatable bonds is 5. The number of nitrogens with zero attached hydrogens (tertiary/aromatic N) is 1. The van der Waals surface area contributed by atoms with Crippen molar-refractivity contribution in [2.45, 2.75) is 13.0 Å². The fourth-order valence-electron chi connectivity index (χ4n) is 2.06. The number of benzene rings is 2. The molecule has 1 heterocycles. The van der Waals surface area contributed by atoms with Crippen LogP contribution in [-0.2, 0) is 4.79 Å². The lowest BCUT2D eigenvalue weighted by Crippen LogP contribution is -2.30. The Balaban J connectivity index is 1.68. The Morgan fingerprint density at radius 2 is 1.92 bits per heavy atom. The zero-order chi connectivity index (χ0) is 17.1. The van der Waals surface area contributed by atoms with Crippen LogP contribution < -0.4 is 14.8 Å². The molecule has 2 aromatic carbocycles. The minimum absolute atomic E-state index is 0.268. The van der Waals surface area contributed by atoms with Crippen LogP contribution >= 0.6 is 22.9 Å². The molecule has 3 aromatic rings. The molecule has 0 spiro atoms. The lowest BCUT2D eigenvalue weighted by atomic mass is 10.3. The summed E-state index contributed by atoms with van der Waals surface area (Å²) in [6, 6.07) is 12.4. The number of carbonyl (C=O) groups excluding carboxylic acids is 1. The highest BCUT2D eigenvalue weighted by Crippen LogP contribution is 2.29. The average Bonchev–Trinajstić information content (AvgIpc) is 2.97. The Morgan fingerprint density at radius 3 is 2.62 bits per heavy atom. The van der Waals surface area contributed by atoms with Crippen LogP contribution in [0.1, 0.15) is 6.92 Å². The Labute approximate surface area is 148 Å². The summed E-state index contributed by atoms with van der Waals surface area (Å²) < 4.78 is 11.7. The van der Waals surface area contributed by atoms with Crippen molar-refractivity contribution in [3.05, 3.63) is 47.5 Å². The minimum atomic E-state index is -0.660. The van der Waals surface area contributed by atoms with Crippen LogP contribution in [0.25, 0.3) is 10.2 Å². The Kier molecular flexibility index (Phi) is 4.87. The van der Waals surface area contributed by atoms with Gasteiger partial charge in [0.2, 0.25) is 0 Å². The predicted octanol–water partition coefficient (Wildman–Crippen LogP) is 4.36. The maximum atomic E-state index is 12.3. The van der Waals surface area contributed by atoms with Crippen molar-refractivity contribution in [1.29, 1.82) is 0 Å². The van der Waals surface area contributed by atoms with E-state index < -0.39 is 6.10 Å². The molecule has 7 heteroatoms. The van der Waals surface area contributed by atoms with Crippen LogP contribution in [0, 0.1) is 0 Å². The van der Waals surface area contributed by atoms with Gasteiger partial charge in [-0.15, -0.1) is 0 Å². The zero-order valence-electron chi connectivity index (χ0n) is 13.1. The molecule has 0 bridgehead atoms. The summed E-state index contributed by atoms with van der Waals surface area (Å²) in [7, 11) is 1.61. The number of amides is 1. The molecular formula is C17H15ClN2O3S. The van der Waals surface area contributed by atoms with Gasteiger partial charge in [0.15, 0.2) is 11.2 Å². The number of methoxy groups -OCH3 is 1. The largest absolute Gasteiger partial charge is 0.497 e. The molecule has 0 aliphatic carbocycles. The first-order valence-corrected chi connectivity index (χ1v) is 8.42. The van der Waals surface area contributed by atoms with Crippen LogP contribution in [0.15, 0.2) is 42.5 Å². The van der Waals surface area contributed by atoms with Crippen molar-refractivity contribution >= 4 is 44.2 Å². The van der Waals surface area contributed by atoms with Gasteiger partial charge in [0.25, 0.3) is 5.91 Å². The van der Waals surface area contributed by atoms with Gasteiger partial charge in [-0.1, -0.05) is 22.9 Å².